The molecule has 8 nitrogen and oxygen atoms in total. The van der Waals surface area contributed by atoms with Gasteiger partial charge in [-0.3, -0.25) is 18.7 Å². The minimum absolute atomic E-state index is 0.0230. The van der Waals surface area contributed by atoms with E-state index in [1.54, 1.807) is 18.5 Å². The molecule has 1 saturated carbocycles. The highest BCUT2D eigenvalue weighted by Gasteiger charge is 2.33. The summed E-state index contributed by atoms with van der Waals surface area (Å²) in [7, 11) is -1.19. The van der Waals surface area contributed by atoms with Gasteiger partial charge in [0.15, 0.2) is 0 Å². The van der Waals surface area contributed by atoms with E-state index in [1.807, 2.05) is 75.0 Å². The average Bonchev–Trinajstić information content (AvgIpc) is 3.32. The molecule has 2 N–H and O–H groups in total. The molecule has 0 spiro atoms. The van der Waals surface area contributed by atoms with Gasteiger partial charge in [0.25, 0.3) is 0 Å². The van der Waals surface area contributed by atoms with Crippen molar-refractivity contribution in [2.75, 3.05) is 5.32 Å². The fourth-order valence-electron chi connectivity index (χ4n) is 4.42. The fourth-order valence-corrected chi connectivity index (χ4v) is 6.03. The Morgan fingerprint density at radius 1 is 1.16 bits per heavy atom. The number of nitrogens with one attached hydrogen (secondary N) is 1. The summed E-state index contributed by atoms with van der Waals surface area (Å²) in [5.74, 6) is 1.17. The topological polar surface area (TPSA) is 106 Å². The number of hydrogen-bond donors (Lipinski definition) is 2. The lowest BCUT2D eigenvalue weighted by Crippen LogP contribution is -2.36. The van der Waals surface area contributed by atoms with Crippen LogP contribution in [0.2, 0.25) is 0 Å². The molecule has 0 saturated heterocycles. The number of fused-ring (bicyclic) bond motifs is 1. The second-order valence-corrected chi connectivity index (χ2v) is 12.5. The molecular weight excluding hydrogens is 500 g/mol. The van der Waals surface area contributed by atoms with E-state index >= 15 is 0 Å². The molecule has 9 heteroatoms. The van der Waals surface area contributed by atoms with Crippen molar-refractivity contribution in [1.82, 2.24) is 14.8 Å². The van der Waals surface area contributed by atoms with Crippen molar-refractivity contribution < 1.29 is 18.8 Å². The predicted molar refractivity (Wildman–Crippen MR) is 148 cm³/mol. The van der Waals surface area contributed by atoms with Crippen molar-refractivity contribution >= 4 is 33.3 Å². The number of benzene rings is 2. The first kappa shape index (κ1) is 26.1. The van der Waals surface area contributed by atoms with Gasteiger partial charge in [0.1, 0.15) is 11.5 Å². The number of ether oxygens (including phenoxy) is 1. The number of aliphatic hydroxyl groups excluding tert-OH is 1. The summed E-state index contributed by atoms with van der Waals surface area (Å²) in [5, 5.41) is 17.6. The van der Waals surface area contributed by atoms with Crippen molar-refractivity contribution in [1.29, 1.82) is 0 Å². The zero-order valence-corrected chi connectivity index (χ0v) is 22.8. The standard InChI is InChI=1S/C29H32N4O4S/c1-18-11-19(12-28(35)32-20-16-31-33(17-20)29(2,3)4)5-8-26(18)37-27-9-10-30-25-7-6-22(15-24(25)27)38(36)23-13-21(34)14-23/h5-11,15-17,21,23,34H,12-14H2,1-4H3,(H,32,35). The summed E-state index contributed by atoms with van der Waals surface area (Å²) < 4.78 is 21.0. The zero-order valence-electron chi connectivity index (χ0n) is 22.0. The smallest absolute Gasteiger partial charge is 0.228 e. The molecule has 1 amide bonds. The third kappa shape index (κ3) is 5.63. The Hall–Kier alpha value is -3.56. The van der Waals surface area contributed by atoms with E-state index < -0.39 is 10.8 Å². The number of aryl methyl sites for hydroxylation is 1. The number of anilines is 1. The number of amides is 1. The fraction of sp³-hybridized carbons (Fsp3) is 0.345. The van der Waals surface area contributed by atoms with E-state index in [4.69, 9.17) is 4.74 Å². The maximum Gasteiger partial charge on any atom is 0.228 e. The van der Waals surface area contributed by atoms with E-state index in [0.29, 0.717) is 34.9 Å². The van der Waals surface area contributed by atoms with Gasteiger partial charge in [-0.25, -0.2) is 0 Å². The summed E-state index contributed by atoms with van der Waals surface area (Å²) >= 11 is 0. The monoisotopic (exact) mass is 532 g/mol. The second-order valence-electron chi connectivity index (χ2n) is 10.8. The van der Waals surface area contributed by atoms with Gasteiger partial charge in [0, 0.05) is 27.9 Å². The molecule has 2 heterocycles. The predicted octanol–water partition coefficient (Wildman–Crippen LogP) is 5.10. The van der Waals surface area contributed by atoms with Crippen LogP contribution in [0.5, 0.6) is 11.5 Å². The second kappa shape index (κ2) is 10.3. The molecule has 2 aromatic heterocycles. The zero-order chi connectivity index (χ0) is 27.0. The van der Waals surface area contributed by atoms with Crippen LogP contribution in [0, 0.1) is 6.92 Å². The highest BCUT2D eigenvalue weighted by atomic mass is 32.2. The number of hydrogen-bond acceptors (Lipinski definition) is 6. The SMILES string of the molecule is Cc1cc(CC(=O)Nc2cnn(C(C)(C)C)c2)ccc1Oc1ccnc2ccc(S(=O)C3CC(O)C3)cc12. The molecule has 1 atom stereocenters. The quantitative estimate of drug-likeness (QED) is 0.343. The highest BCUT2D eigenvalue weighted by Crippen LogP contribution is 2.34. The number of rotatable bonds is 7. The Balaban J connectivity index is 1.29. The van der Waals surface area contributed by atoms with Gasteiger partial charge in [-0.05, 0) is 82.0 Å². The van der Waals surface area contributed by atoms with Gasteiger partial charge in [-0.1, -0.05) is 12.1 Å². The Morgan fingerprint density at radius 3 is 2.63 bits per heavy atom. The highest BCUT2D eigenvalue weighted by molar-refractivity contribution is 7.85. The molecular formula is C29H32N4O4S. The third-order valence-corrected chi connectivity index (χ3v) is 8.36. The van der Waals surface area contributed by atoms with Crippen molar-refractivity contribution in [2.45, 2.75) is 68.7 Å². The average molecular weight is 533 g/mol. The van der Waals surface area contributed by atoms with Gasteiger partial charge in [-0.15, -0.1) is 0 Å². The molecule has 2 aromatic carbocycles. The molecule has 38 heavy (non-hydrogen) atoms. The van der Waals surface area contributed by atoms with Crippen LogP contribution in [0.4, 0.5) is 5.69 Å². The Morgan fingerprint density at radius 2 is 1.95 bits per heavy atom. The normalized spacial score (nSPS) is 18.1. The maximum atomic E-state index is 12.9. The van der Waals surface area contributed by atoms with Gasteiger partial charge in [0.05, 0.1) is 46.3 Å². The van der Waals surface area contributed by atoms with Crippen molar-refractivity contribution in [2.24, 2.45) is 0 Å². The summed E-state index contributed by atoms with van der Waals surface area (Å²) in [4.78, 5) is 17.8. The van der Waals surface area contributed by atoms with Crippen molar-refractivity contribution in [3.8, 4) is 11.5 Å². The first-order chi connectivity index (χ1) is 18.1. The first-order valence-electron chi connectivity index (χ1n) is 12.7. The van der Waals surface area contributed by atoms with Crippen LogP contribution >= 0.6 is 0 Å². The lowest BCUT2D eigenvalue weighted by atomic mass is 9.96. The molecule has 0 radical (unpaired) electrons. The van der Waals surface area contributed by atoms with Crippen molar-refractivity contribution in [3.05, 3.63) is 72.2 Å². The van der Waals surface area contributed by atoms with Crippen LogP contribution < -0.4 is 10.1 Å². The molecule has 198 valence electrons. The minimum atomic E-state index is -1.19. The van der Waals surface area contributed by atoms with Crippen LogP contribution in [-0.2, 0) is 27.6 Å². The molecule has 1 aliphatic carbocycles. The van der Waals surface area contributed by atoms with Crippen LogP contribution in [-0.4, -0.2) is 41.3 Å². The van der Waals surface area contributed by atoms with Crippen molar-refractivity contribution in [3.63, 3.8) is 0 Å². The Bertz CT molecular complexity index is 1520. The number of aliphatic hydroxyl groups is 1. The third-order valence-electron chi connectivity index (χ3n) is 6.66. The Labute approximate surface area is 224 Å². The minimum Gasteiger partial charge on any atom is -0.456 e. The van der Waals surface area contributed by atoms with E-state index in [1.165, 1.54) is 0 Å². The van der Waals surface area contributed by atoms with Crippen LogP contribution in [0.15, 0.2) is 66.0 Å². The lowest BCUT2D eigenvalue weighted by Gasteiger charge is -2.30. The molecule has 5 rings (SSSR count). The van der Waals surface area contributed by atoms with Gasteiger partial charge in [-0.2, -0.15) is 5.10 Å². The number of pyridine rings is 1. The molecule has 0 aliphatic heterocycles. The van der Waals surface area contributed by atoms with Gasteiger partial charge in [0.2, 0.25) is 5.91 Å². The number of carbonyl (C=O) groups excluding carboxylic acids is 1. The molecule has 1 fully saturated rings. The van der Waals surface area contributed by atoms with Crippen LogP contribution in [0.3, 0.4) is 0 Å². The van der Waals surface area contributed by atoms with E-state index in [0.717, 1.165) is 22.0 Å². The summed E-state index contributed by atoms with van der Waals surface area (Å²) in [6, 6.07) is 13.0. The molecule has 0 bridgehead atoms. The van der Waals surface area contributed by atoms with Crippen LogP contribution in [0.1, 0.15) is 44.7 Å². The van der Waals surface area contributed by atoms with Crippen LogP contribution in [0.25, 0.3) is 10.9 Å². The van der Waals surface area contributed by atoms with Gasteiger partial charge < -0.3 is 15.2 Å². The first-order valence-corrected chi connectivity index (χ1v) is 13.9. The van der Waals surface area contributed by atoms with E-state index in [-0.39, 0.29) is 29.2 Å². The largest absolute Gasteiger partial charge is 0.456 e. The molecule has 1 aliphatic rings. The summed E-state index contributed by atoms with van der Waals surface area (Å²) in [5.41, 5.74) is 3.02. The van der Waals surface area contributed by atoms with E-state index in [2.05, 4.69) is 15.4 Å². The number of carbonyl (C=O) groups is 1. The number of nitrogens with zero attached hydrogens (tertiary/aromatic N) is 3. The molecule has 1 unspecified atom stereocenters. The summed E-state index contributed by atoms with van der Waals surface area (Å²) in [6.07, 6.45) is 6.17. The van der Waals surface area contributed by atoms with E-state index in [9.17, 15) is 14.1 Å². The maximum absolute atomic E-state index is 12.9. The number of aromatic nitrogens is 3. The van der Waals surface area contributed by atoms with Gasteiger partial charge >= 0.3 is 0 Å². The lowest BCUT2D eigenvalue weighted by molar-refractivity contribution is -0.115. The Kier molecular flexibility index (Phi) is 7.07. The molecule has 4 aromatic rings. The summed E-state index contributed by atoms with van der Waals surface area (Å²) in [6.45, 7) is 8.09.